The van der Waals surface area contributed by atoms with Gasteiger partial charge in [-0.05, 0) is 60.9 Å². The van der Waals surface area contributed by atoms with E-state index < -0.39 is 17.5 Å². The summed E-state index contributed by atoms with van der Waals surface area (Å²) in [5.41, 5.74) is 3.97. The highest BCUT2D eigenvalue weighted by molar-refractivity contribution is 6.04. The number of carbonyl (C=O) groups excluding carboxylic acids is 1. The largest absolute Gasteiger partial charge is 0.352 e. The minimum atomic E-state index is -0.887. The number of hydrogen-bond acceptors (Lipinski definition) is 3. The molecule has 0 bridgehead atoms. The third kappa shape index (κ3) is 4.22. The van der Waals surface area contributed by atoms with Gasteiger partial charge in [0, 0.05) is 31.0 Å². The molecular weight excluding hydrogens is 384 g/mol. The summed E-state index contributed by atoms with van der Waals surface area (Å²) in [5.74, 6) is -1.27. The SMILES string of the molecule is CC1=C(c2ccc(NC(=O)c3ccc(F)cc3F)cc2)CN(c2ccccn2)CC1. The van der Waals surface area contributed by atoms with Crippen LogP contribution in [0.4, 0.5) is 20.3 Å². The number of nitrogens with zero attached hydrogens (tertiary/aromatic N) is 2. The van der Waals surface area contributed by atoms with E-state index in [-0.39, 0.29) is 5.56 Å². The molecule has 6 heteroatoms. The van der Waals surface area contributed by atoms with Crippen LogP contribution in [0.5, 0.6) is 0 Å². The molecule has 3 aromatic rings. The lowest BCUT2D eigenvalue weighted by molar-refractivity contribution is 0.102. The molecule has 0 saturated heterocycles. The molecule has 152 valence electrons. The van der Waals surface area contributed by atoms with Gasteiger partial charge in [0.1, 0.15) is 17.5 Å². The molecule has 1 aliphatic heterocycles. The molecule has 4 rings (SSSR count). The summed E-state index contributed by atoms with van der Waals surface area (Å²) >= 11 is 0. The van der Waals surface area contributed by atoms with E-state index in [1.54, 1.807) is 18.3 Å². The Bertz CT molecular complexity index is 1100. The summed E-state index contributed by atoms with van der Waals surface area (Å²) in [6.07, 6.45) is 2.75. The van der Waals surface area contributed by atoms with Crippen molar-refractivity contribution in [2.75, 3.05) is 23.3 Å². The Morgan fingerprint density at radius 1 is 1.07 bits per heavy atom. The smallest absolute Gasteiger partial charge is 0.258 e. The second-order valence-electron chi connectivity index (χ2n) is 7.27. The first-order valence-corrected chi connectivity index (χ1v) is 9.73. The molecule has 0 spiro atoms. The van der Waals surface area contributed by atoms with Crippen molar-refractivity contribution >= 4 is 23.0 Å². The van der Waals surface area contributed by atoms with Crippen LogP contribution in [0, 0.1) is 11.6 Å². The van der Waals surface area contributed by atoms with Crippen molar-refractivity contribution in [2.24, 2.45) is 0 Å². The molecule has 1 N–H and O–H groups in total. The number of halogens is 2. The lowest BCUT2D eigenvalue weighted by Crippen LogP contribution is -2.31. The Balaban J connectivity index is 1.49. The van der Waals surface area contributed by atoms with Gasteiger partial charge >= 0.3 is 0 Å². The fourth-order valence-corrected chi connectivity index (χ4v) is 3.56. The van der Waals surface area contributed by atoms with E-state index in [0.29, 0.717) is 11.8 Å². The number of pyridine rings is 1. The summed E-state index contributed by atoms with van der Waals surface area (Å²) in [4.78, 5) is 19.0. The van der Waals surface area contributed by atoms with Gasteiger partial charge in [0.25, 0.3) is 5.91 Å². The monoisotopic (exact) mass is 405 g/mol. The maximum atomic E-state index is 13.8. The normalized spacial score (nSPS) is 14.0. The molecule has 4 nitrogen and oxygen atoms in total. The highest BCUT2D eigenvalue weighted by Gasteiger charge is 2.19. The Morgan fingerprint density at radius 2 is 1.87 bits per heavy atom. The predicted octanol–water partition coefficient (Wildman–Crippen LogP) is 5.30. The molecule has 0 aliphatic carbocycles. The first-order valence-electron chi connectivity index (χ1n) is 9.73. The van der Waals surface area contributed by atoms with Gasteiger partial charge in [-0.15, -0.1) is 0 Å². The number of aromatic nitrogens is 1. The molecule has 2 aromatic carbocycles. The summed E-state index contributed by atoms with van der Waals surface area (Å²) < 4.78 is 26.9. The van der Waals surface area contributed by atoms with E-state index in [9.17, 15) is 13.6 Å². The zero-order chi connectivity index (χ0) is 21.1. The van der Waals surface area contributed by atoms with Crippen molar-refractivity contribution in [2.45, 2.75) is 13.3 Å². The minimum Gasteiger partial charge on any atom is -0.352 e. The quantitative estimate of drug-likeness (QED) is 0.641. The van der Waals surface area contributed by atoms with Gasteiger partial charge in [0.2, 0.25) is 0 Å². The molecule has 0 atom stereocenters. The summed E-state index contributed by atoms with van der Waals surface area (Å²) in [7, 11) is 0. The lowest BCUT2D eigenvalue weighted by Gasteiger charge is -2.31. The molecule has 0 unspecified atom stereocenters. The van der Waals surface area contributed by atoms with Crippen molar-refractivity contribution in [3.63, 3.8) is 0 Å². The number of benzene rings is 2. The van der Waals surface area contributed by atoms with Gasteiger partial charge in [-0.3, -0.25) is 4.79 Å². The molecule has 0 radical (unpaired) electrons. The fourth-order valence-electron chi connectivity index (χ4n) is 3.56. The van der Waals surface area contributed by atoms with E-state index in [1.165, 1.54) is 11.1 Å². The molecule has 1 aliphatic rings. The maximum Gasteiger partial charge on any atom is 0.258 e. The van der Waals surface area contributed by atoms with Crippen LogP contribution in [0.2, 0.25) is 0 Å². The van der Waals surface area contributed by atoms with Gasteiger partial charge in [0.05, 0.1) is 5.56 Å². The van der Waals surface area contributed by atoms with Gasteiger partial charge in [-0.25, -0.2) is 13.8 Å². The molecule has 0 saturated carbocycles. The number of nitrogens with one attached hydrogen (secondary N) is 1. The van der Waals surface area contributed by atoms with Gasteiger partial charge in [0.15, 0.2) is 0 Å². The average Bonchev–Trinajstić information content (AvgIpc) is 2.75. The van der Waals surface area contributed by atoms with Gasteiger partial charge in [-0.2, -0.15) is 0 Å². The summed E-state index contributed by atoms with van der Waals surface area (Å²) in [6, 6.07) is 16.2. The Labute approximate surface area is 173 Å². The fraction of sp³-hybridized carbons (Fsp3) is 0.167. The summed E-state index contributed by atoms with van der Waals surface area (Å²) in [6.45, 7) is 3.82. The van der Waals surface area contributed by atoms with E-state index in [4.69, 9.17) is 0 Å². The number of hydrogen-bond donors (Lipinski definition) is 1. The second-order valence-corrected chi connectivity index (χ2v) is 7.27. The number of rotatable bonds is 4. The van der Waals surface area contributed by atoms with Crippen molar-refractivity contribution < 1.29 is 13.6 Å². The van der Waals surface area contributed by atoms with E-state index in [1.807, 2.05) is 30.3 Å². The zero-order valence-electron chi connectivity index (χ0n) is 16.5. The van der Waals surface area contributed by atoms with Crippen LogP contribution >= 0.6 is 0 Å². The van der Waals surface area contributed by atoms with Crippen LogP contribution in [0.1, 0.15) is 29.3 Å². The Hall–Kier alpha value is -3.54. The van der Waals surface area contributed by atoms with Crippen molar-refractivity contribution in [1.29, 1.82) is 0 Å². The molecule has 2 heterocycles. The number of carbonyl (C=O) groups is 1. The Morgan fingerprint density at radius 3 is 2.57 bits per heavy atom. The third-order valence-electron chi connectivity index (χ3n) is 5.26. The van der Waals surface area contributed by atoms with Crippen LogP contribution in [0.3, 0.4) is 0 Å². The van der Waals surface area contributed by atoms with Crippen LogP contribution in [0.25, 0.3) is 5.57 Å². The van der Waals surface area contributed by atoms with Crippen LogP contribution in [-0.2, 0) is 0 Å². The van der Waals surface area contributed by atoms with Gasteiger partial charge < -0.3 is 10.2 Å². The van der Waals surface area contributed by atoms with Crippen LogP contribution in [0.15, 0.2) is 72.4 Å². The number of anilines is 2. The molecular formula is C24H21F2N3O. The summed E-state index contributed by atoms with van der Waals surface area (Å²) in [5, 5.41) is 2.66. The topological polar surface area (TPSA) is 45.2 Å². The van der Waals surface area contributed by atoms with Crippen LogP contribution in [-0.4, -0.2) is 24.0 Å². The van der Waals surface area contributed by atoms with Crippen molar-refractivity contribution in [3.8, 4) is 0 Å². The average molecular weight is 405 g/mol. The zero-order valence-corrected chi connectivity index (χ0v) is 16.5. The third-order valence-corrected chi connectivity index (χ3v) is 5.26. The first-order chi connectivity index (χ1) is 14.5. The van der Waals surface area contributed by atoms with E-state index >= 15 is 0 Å². The first kappa shape index (κ1) is 19.8. The maximum absolute atomic E-state index is 13.8. The van der Waals surface area contributed by atoms with E-state index in [2.05, 4.69) is 22.1 Å². The second kappa shape index (κ2) is 8.45. The molecule has 0 fully saturated rings. The molecule has 1 amide bonds. The highest BCUT2D eigenvalue weighted by atomic mass is 19.1. The molecule has 1 aromatic heterocycles. The Kier molecular flexibility index (Phi) is 5.57. The van der Waals surface area contributed by atoms with Crippen LogP contribution < -0.4 is 10.2 Å². The van der Waals surface area contributed by atoms with Gasteiger partial charge in [-0.1, -0.05) is 23.8 Å². The number of amides is 1. The van der Waals surface area contributed by atoms with E-state index in [0.717, 1.165) is 43.0 Å². The van der Waals surface area contributed by atoms with Crippen molar-refractivity contribution in [1.82, 2.24) is 4.98 Å². The van der Waals surface area contributed by atoms with Crippen molar-refractivity contribution in [3.05, 3.63) is 95.2 Å². The lowest BCUT2D eigenvalue weighted by atomic mass is 9.95. The minimum absolute atomic E-state index is 0.197. The predicted molar refractivity (Wildman–Crippen MR) is 114 cm³/mol. The standard InChI is InChI=1S/C24H21F2N3O/c1-16-11-13-29(23-4-2-3-12-27-23)15-21(16)17-5-8-19(9-6-17)28-24(30)20-10-7-18(25)14-22(20)26/h2-10,12,14H,11,13,15H2,1H3,(H,28,30). The highest BCUT2D eigenvalue weighted by Crippen LogP contribution is 2.29. The molecule has 30 heavy (non-hydrogen) atoms.